The van der Waals surface area contributed by atoms with E-state index in [0.717, 1.165) is 14.7 Å². The number of methoxy groups -OCH3 is 1. The highest BCUT2D eigenvalue weighted by Crippen LogP contribution is 2.33. The van der Waals surface area contributed by atoms with Crippen molar-refractivity contribution in [3.8, 4) is 23.8 Å². The van der Waals surface area contributed by atoms with Gasteiger partial charge in [0.1, 0.15) is 6.61 Å². The minimum Gasteiger partial charge on any atom is -0.493 e. The highest BCUT2D eigenvalue weighted by atomic mass is 127. The molecule has 0 heterocycles. The number of benzene rings is 2. The predicted octanol–water partition coefficient (Wildman–Crippen LogP) is 4.74. The molecule has 0 radical (unpaired) electrons. The summed E-state index contributed by atoms with van der Waals surface area (Å²) in [5.74, 6) is 3.65. The first-order valence-corrected chi connectivity index (χ1v) is 9.03. The minimum atomic E-state index is 0.181. The Morgan fingerprint density at radius 1 is 1.32 bits per heavy atom. The summed E-state index contributed by atoms with van der Waals surface area (Å²) in [6.45, 7) is 0.604. The Morgan fingerprint density at radius 2 is 2.04 bits per heavy atom. The van der Waals surface area contributed by atoms with E-state index in [2.05, 4.69) is 39.0 Å². The maximum absolute atomic E-state index is 6.12. The SMILES string of the molecule is C#CCOc1c(I)cc(/C=N\NCc2c(Cl)cccc2Cl)cc1OC. The van der Waals surface area contributed by atoms with Crippen LogP contribution in [0.3, 0.4) is 0 Å². The number of nitrogens with one attached hydrogen (secondary N) is 1. The molecule has 4 nitrogen and oxygen atoms in total. The first-order valence-electron chi connectivity index (χ1n) is 7.19. The lowest BCUT2D eigenvalue weighted by Gasteiger charge is -2.11. The van der Waals surface area contributed by atoms with Crippen molar-refractivity contribution in [1.82, 2.24) is 5.43 Å². The van der Waals surface area contributed by atoms with Gasteiger partial charge >= 0.3 is 0 Å². The van der Waals surface area contributed by atoms with Gasteiger partial charge in [0.25, 0.3) is 0 Å². The van der Waals surface area contributed by atoms with E-state index < -0.39 is 0 Å². The molecule has 130 valence electrons. The molecule has 0 aliphatic heterocycles. The highest BCUT2D eigenvalue weighted by Gasteiger charge is 2.10. The van der Waals surface area contributed by atoms with Gasteiger partial charge in [-0.15, -0.1) is 6.42 Å². The van der Waals surface area contributed by atoms with Crippen molar-refractivity contribution in [3.05, 3.63) is 55.1 Å². The zero-order chi connectivity index (χ0) is 18.2. The number of hydrogen-bond acceptors (Lipinski definition) is 4. The predicted molar refractivity (Wildman–Crippen MR) is 111 cm³/mol. The van der Waals surface area contributed by atoms with Gasteiger partial charge < -0.3 is 14.9 Å². The van der Waals surface area contributed by atoms with E-state index in [1.165, 1.54) is 0 Å². The third-order valence-corrected chi connectivity index (χ3v) is 4.68. The second kappa shape index (κ2) is 9.76. The van der Waals surface area contributed by atoms with E-state index in [0.29, 0.717) is 28.1 Å². The van der Waals surface area contributed by atoms with Crippen molar-refractivity contribution in [2.75, 3.05) is 13.7 Å². The molecular formula is C18H15Cl2IN2O2. The zero-order valence-corrected chi connectivity index (χ0v) is 17.0. The van der Waals surface area contributed by atoms with Gasteiger partial charge in [-0.1, -0.05) is 35.2 Å². The molecule has 0 aliphatic rings. The molecule has 0 bridgehead atoms. The first kappa shape index (κ1) is 19.7. The molecule has 0 aliphatic carbocycles. The fourth-order valence-corrected chi connectivity index (χ4v) is 3.33. The Labute approximate surface area is 170 Å². The van der Waals surface area contributed by atoms with Crippen molar-refractivity contribution in [3.63, 3.8) is 0 Å². The zero-order valence-electron chi connectivity index (χ0n) is 13.4. The lowest BCUT2D eigenvalue weighted by molar-refractivity contribution is 0.328. The van der Waals surface area contributed by atoms with Gasteiger partial charge in [0.15, 0.2) is 11.5 Å². The summed E-state index contributed by atoms with van der Waals surface area (Å²) in [6.07, 6.45) is 6.91. The molecule has 0 unspecified atom stereocenters. The summed E-state index contributed by atoms with van der Waals surface area (Å²) in [7, 11) is 1.58. The number of halogens is 3. The molecule has 0 amide bonds. The van der Waals surface area contributed by atoms with Gasteiger partial charge in [0, 0.05) is 15.6 Å². The van der Waals surface area contributed by atoms with Crippen LogP contribution < -0.4 is 14.9 Å². The second-order valence-corrected chi connectivity index (χ2v) is 6.80. The maximum Gasteiger partial charge on any atom is 0.175 e. The summed E-state index contributed by atoms with van der Waals surface area (Å²) in [5.41, 5.74) is 4.59. The molecule has 2 rings (SSSR count). The van der Waals surface area contributed by atoms with E-state index in [1.54, 1.807) is 31.5 Å². The lowest BCUT2D eigenvalue weighted by Crippen LogP contribution is -2.07. The monoisotopic (exact) mass is 488 g/mol. The van der Waals surface area contributed by atoms with Gasteiger partial charge in [-0.2, -0.15) is 5.10 Å². The van der Waals surface area contributed by atoms with E-state index in [9.17, 15) is 0 Å². The molecule has 7 heteroatoms. The molecule has 0 spiro atoms. The largest absolute Gasteiger partial charge is 0.493 e. The average molecular weight is 489 g/mol. The van der Waals surface area contributed by atoms with Crippen molar-refractivity contribution in [2.24, 2.45) is 5.10 Å². The van der Waals surface area contributed by atoms with Gasteiger partial charge in [-0.25, -0.2) is 0 Å². The van der Waals surface area contributed by atoms with Gasteiger partial charge in [0.05, 0.1) is 23.4 Å². The normalized spacial score (nSPS) is 10.5. The molecule has 0 saturated carbocycles. The van der Waals surface area contributed by atoms with E-state index in [4.69, 9.17) is 39.1 Å². The van der Waals surface area contributed by atoms with Crippen molar-refractivity contribution in [1.29, 1.82) is 0 Å². The Kier molecular flexibility index (Phi) is 7.69. The second-order valence-electron chi connectivity index (χ2n) is 4.82. The van der Waals surface area contributed by atoms with E-state index in [-0.39, 0.29) is 6.61 Å². The molecule has 0 atom stereocenters. The third-order valence-electron chi connectivity index (χ3n) is 3.17. The van der Waals surface area contributed by atoms with Crippen LogP contribution in [0.4, 0.5) is 0 Å². The van der Waals surface area contributed by atoms with Crippen LogP contribution in [0.2, 0.25) is 10.0 Å². The van der Waals surface area contributed by atoms with Crippen LogP contribution >= 0.6 is 45.8 Å². The number of rotatable bonds is 7. The highest BCUT2D eigenvalue weighted by molar-refractivity contribution is 14.1. The van der Waals surface area contributed by atoms with Crippen LogP contribution in [0.15, 0.2) is 35.4 Å². The summed E-state index contributed by atoms with van der Waals surface area (Å²) in [5, 5.41) is 5.40. The molecule has 0 aromatic heterocycles. The quantitative estimate of drug-likeness (QED) is 0.265. The van der Waals surface area contributed by atoms with E-state index >= 15 is 0 Å². The molecular weight excluding hydrogens is 474 g/mol. The standard InChI is InChI=1S/C18H15Cl2IN2O2/c1-3-7-25-18-16(21)8-12(9-17(18)24-2)10-22-23-11-13-14(19)5-4-6-15(13)20/h1,4-6,8-10,23H,7,11H2,2H3/b22-10-. The Morgan fingerprint density at radius 3 is 2.68 bits per heavy atom. The van der Waals surface area contributed by atoms with Crippen LogP contribution in [0, 0.1) is 15.9 Å². The summed E-state index contributed by atoms with van der Waals surface area (Å²) < 4.78 is 11.7. The summed E-state index contributed by atoms with van der Waals surface area (Å²) >= 11 is 14.4. The average Bonchev–Trinajstić information content (AvgIpc) is 2.59. The topological polar surface area (TPSA) is 42.8 Å². The van der Waals surface area contributed by atoms with E-state index in [1.807, 2.05) is 12.1 Å². The lowest BCUT2D eigenvalue weighted by atomic mass is 10.2. The van der Waals surface area contributed by atoms with Crippen molar-refractivity contribution in [2.45, 2.75) is 6.54 Å². The van der Waals surface area contributed by atoms with Crippen LogP contribution in [0.25, 0.3) is 0 Å². The fourth-order valence-electron chi connectivity index (χ4n) is 2.01. The van der Waals surface area contributed by atoms with Crippen LogP contribution in [-0.4, -0.2) is 19.9 Å². The number of hydrogen-bond donors (Lipinski definition) is 1. The van der Waals surface area contributed by atoms with Gasteiger partial charge in [-0.3, -0.25) is 0 Å². The molecule has 1 N–H and O–H groups in total. The number of terminal acetylenes is 1. The Hall–Kier alpha value is -1.62. The van der Waals surface area contributed by atoms with Gasteiger partial charge in [-0.05, 0) is 52.4 Å². The van der Waals surface area contributed by atoms with Gasteiger partial charge in [0.2, 0.25) is 0 Å². The number of ether oxygens (including phenoxy) is 2. The smallest absolute Gasteiger partial charge is 0.175 e. The number of hydrazone groups is 1. The Bertz CT molecular complexity index is 799. The molecule has 2 aromatic rings. The maximum atomic E-state index is 6.12. The molecule has 2 aromatic carbocycles. The molecule has 0 fully saturated rings. The minimum absolute atomic E-state index is 0.181. The fraction of sp³-hybridized carbons (Fsp3) is 0.167. The summed E-state index contributed by atoms with van der Waals surface area (Å²) in [6, 6.07) is 9.12. The van der Waals surface area contributed by atoms with Crippen LogP contribution in [0.5, 0.6) is 11.5 Å². The van der Waals surface area contributed by atoms with Crippen LogP contribution in [0.1, 0.15) is 11.1 Å². The first-order chi connectivity index (χ1) is 12.1. The van der Waals surface area contributed by atoms with Crippen LogP contribution in [-0.2, 0) is 6.54 Å². The number of nitrogens with zero attached hydrogens (tertiary/aromatic N) is 1. The summed E-state index contributed by atoms with van der Waals surface area (Å²) in [4.78, 5) is 0. The third kappa shape index (κ3) is 5.43. The van der Waals surface area contributed by atoms with Crippen molar-refractivity contribution < 1.29 is 9.47 Å². The molecule has 25 heavy (non-hydrogen) atoms. The van der Waals surface area contributed by atoms with Crippen molar-refractivity contribution >= 4 is 52.0 Å². The Balaban J connectivity index is 2.08. The molecule has 0 saturated heterocycles.